The van der Waals surface area contributed by atoms with Crippen LogP contribution < -0.4 is 5.32 Å². The van der Waals surface area contributed by atoms with Gasteiger partial charge in [0.05, 0.1) is 0 Å². The first kappa shape index (κ1) is 12.7. The van der Waals surface area contributed by atoms with Crippen LogP contribution in [0.4, 0.5) is 0 Å². The van der Waals surface area contributed by atoms with Crippen molar-refractivity contribution in [2.45, 2.75) is 29.4 Å². The molecule has 2 unspecified atom stereocenters. The van der Waals surface area contributed by atoms with Crippen LogP contribution in [-0.4, -0.2) is 22.3 Å². The Labute approximate surface area is 109 Å². The SMILES string of the molecule is O=C1CCC([S+]([O-])c2cccc(Cl)c2)CCN1. The van der Waals surface area contributed by atoms with Crippen molar-refractivity contribution in [2.75, 3.05) is 6.54 Å². The van der Waals surface area contributed by atoms with Crippen molar-refractivity contribution in [1.82, 2.24) is 5.32 Å². The first-order valence-electron chi connectivity index (χ1n) is 5.59. The van der Waals surface area contributed by atoms with Crippen molar-refractivity contribution in [2.24, 2.45) is 0 Å². The molecule has 0 saturated carbocycles. The van der Waals surface area contributed by atoms with Crippen LogP contribution in [-0.2, 0) is 16.0 Å². The van der Waals surface area contributed by atoms with Gasteiger partial charge in [-0.05, 0) is 23.3 Å². The van der Waals surface area contributed by atoms with Gasteiger partial charge in [0.25, 0.3) is 0 Å². The number of amides is 1. The van der Waals surface area contributed by atoms with E-state index in [0.29, 0.717) is 24.4 Å². The van der Waals surface area contributed by atoms with Crippen LogP contribution in [0.1, 0.15) is 19.3 Å². The molecule has 5 heteroatoms. The van der Waals surface area contributed by atoms with Crippen LogP contribution >= 0.6 is 11.6 Å². The predicted molar refractivity (Wildman–Crippen MR) is 68.5 cm³/mol. The number of benzene rings is 1. The van der Waals surface area contributed by atoms with E-state index in [4.69, 9.17) is 11.6 Å². The van der Waals surface area contributed by atoms with E-state index in [0.717, 1.165) is 11.3 Å². The molecule has 1 saturated heterocycles. The number of hydrogen-bond acceptors (Lipinski definition) is 2. The molecule has 0 bridgehead atoms. The van der Waals surface area contributed by atoms with Crippen molar-refractivity contribution in [1.29, 1.82) is 0 Å². The maximum Gasteiger partial charge on any atom is 0.220 e. The van der Waals surface area contributed by atoms with Gasteiger partial charge in [-0.1, -0.05) is 17.7 Å². The zero-order valence-corrected chi connectivity index (χ0v) is 10.9. The van der Waals surface area contributed by atoms with Crippen molar-refractivity contribution in [3.05, 3.63) is 29.3 Å². The van der Waals surface area contributed by atoms with Gasteiger partial charge in [0.2, 0.25) is 5.91 Å². The van der Waals surface area contributed by atoms with Crippen molar-refractivity contribution < 1.29 is 9.35 Å². The van der Waals surface area contributed by atoms with Crippen LogP contribution in [0, 0.1) is 0 Å². The highest BCUT2D eigenvalue weighted by Crippen LogP contribution is 2.25. The Hall–Kier alpha value is -0.710. The van der Waals surface area contributed by atoms with E-state index in [9.17, 15) is 9.35 Å². The maximum atomic E-state index is 12.3. The highest BCUT2D eigenvalue weighted by atomic mass is 35.5. The summed E-state index contributed by atoms with van der Waals surface area (Å²) in [5, 5.41) is 3.42. The van der Waals surface area contributed by atoms with Gasteiger partial charge in [0.15, 0.2) is 4.90 Å². The van der Waals surface area contributed by atoms with E-state index in [2.05, 4.69) is 5.32 Å². The summed E-state index contributed by atoms with van der Waals surface area (Å²) in [6.07, 6.45) is 1.88. The number of nitrogens with one attached hydrogen (secondary N) is 1. The van der Waals surface area contributed by atoms with Gasteiger partial charge in [-0.2, -0.15) is 0 Å². The van der Waals surface area contributed by atoms with Gasteiger partial charge < -0.3 is 9.87 Å². The van der Waals surface area contributed by atoms with Gasteiger partial charge in [-0.25, -0.2) is 0 Å². The fourth-order valence-electron chi connectivity index (χ4n) is 1.90. The summed E-state index contributed by atoms with van der Waals surface area (Å²) in [4.78, 5) is 12.0. The fraction of sp³-hybridized carbons (Fsp3) is 0.417. The van der Waals surface area contributed by atoms with E-state index in [-0.39, 0.29) is 11.2 Å². The Morgan fingerprint density at radius 3 is 3.00 bits per heavy atom. The third-order valence-corrected chi connectivity index (χ3v) is 4.84. The van der Waals surface area contributed by atoms with Gasteiger partial charge in [0.1, 0.15) is 5.25 Å². The zero-order valence-electron chi connectivity index (χ0n) is 9.32. The Kier molecular flexibility index (Phi) is 4.31. The minimum Gasteiger partial charge on any atom is -0.611 e. The van der Waals surface area contributed by atoms with Crippen LogP contribution in [0.2, 0.25) is 5.02 Å². The lowest BCUT2D eigenvalue weighted by atomic mass is 10.2. The lowest BCUT2D eigenvalue weighted by molar-refractivity contribution is -0.120. The largest absolute Gasteiger partial charge is 0.611 e. The molecule has 1 amide bonds. The third kappa shape index (κ3) is 3.37. The molecule has 3 nitrogen and oxygen atoms in total. The molecule has 1 aliphatic rings. The van der Waals surface area contributed by atoms with Gasteiger partial charge in [0, 0.05) is 36.9 Å². The van der Waals surface area contributed by atoms with Crippen LogP contribution in [0.25, 0.3) is 0 Å². The van der Waals surface area contributed by atoms with Crippen LogP contribution in [0.15, 0.2) is 29.2 Å². The zero-order chi connectivity index (χ0) is 12.3. The lowest BCUT2D eigenvalue weighted by Crippen LogP contribution is -2.24. The Bertz CT molecular complexity index is 413. The molecular formula is C12H14ClNO2S. The highest BCUT2D eigenvalue weighted by Gasteiger charge is 2.27. The summed E-state index contributed by atoms with van der Waals surface area (Å²) in [6, 6.07) is 7.12. The number of rotatable bonds is 2. The monoisotopic (exact) mass is 271 g/mol. The van der Waals surface area contributed by atoms with E-state index < -0.39 is 11.2 Å². The van der Waals surface area contributed by atoms with Crippen LogP contribution in [0.3, 0.4) is 0 Å². The second-order valence-corrected chi connectivity index (χ2v) is 6.22. The summed E-state index contributed by atoms with van der Waals surface area (Å²) in [5.74, 6) is 0.0515. The van der Waals surface area contributed by atoms with Crippen molar-refractivity contribution in [3.63, 3.8) is 0 Å². The average Bonchev–Trinajstić information content (AvgIpc) is 2.53. The van der Waals surface area contributed by atoms with E-state index >= 15 is 0 Å². The Balaban J connectivity index is 2.08. The number of hydrogen-bond donors (Lipinski definition) is 1. The molecule has 1 fully saturated rings. The molecule has 1 heterocycles. The molecule has 17 heavy (non-hydrogen) atoms. The molecule has 1 N–H and O–H groups in total. The number of carbonyl (C=O) groups excluding carboxylic acids is 1. The topological polar surface area (TPSA) is 52.2 Å². The third-order valence-electron chi connectivity index (χ3n) is 2.81. The second-order valence-electron chi connectivity index (χ2n) is 4.05. The molecule has 1 aliphatic heterocycles. The Morgan fingerprint density at radius 1 is 1.41 bits per heavy atom. The molecule has 2 atom stereocenters. The van der Waals surface area contributed by atoms with E-state index in [1.54, 1.807) is 18.2 Å². The van der Waals surface area contributed by atoms with Crippen LogP contribution in [0.5, 0.6) is 0 Å². The summed E-state index contributed by atoms with van der Waals surface area (Å²) >= 11 is 4.80. The standard InChI is InChI=1S/C12H14ClNO2S/c13-9-2-1-3-11(8-9)17(16)10-4-5-12(15)14-7-6-10/h1-3,8,10H,4-7H2,(H,14,15). The Morgan fingerprint density at radius 2 is 2.24 bits per heavy atom. The molecule has 0 aliphatic carbocycles. The van der Waals surface area contributed by atoms with E-state index in [1.165, 1.54) is 0 Å². The maximum absolute atomic E-state index is 12.3. The van der Waals surface area contributed by atoms with Crippen molar-refractivity contribution >= 4 is 28.7 Å². The molecule has 0 spiro atoms. The van der Waals surface area contributed by atoms with Gasteiger partial charge in [-0.3, -0.25) is 4.79 Å². The van der Waals surface area contributed by atoms with E-state index in [1.807, 2.05) is 6.07 Å². The lowest BCUT2D eigenvalue weighted by Gasteiger charge is -2.19. The van der Waals surface area contributed by atoms with Gasteiger partial charge >= 0.3 is 0 Å². The molecule has 1 aromatic rings. The molecule has 0 radical (unpaired) electrons. The minimum absolute atomic E-state index is 0.0346. The number of carbonyl (C=O) groups is 1. The smallest absolute Gasteiger partial charge is 0.220 e. The highest BCUT2D eigenvalue weighted by molar-refractivity contribution is 7.92. The van der Waals surface area contributed by atoms with Gasteiger partial charge in [-0.15, -0.1) is 0 Å². The number of halogens is 1. The molecule has 1 aromatic carbocycles. The molecular weight excluding hydrogens is 258 g/mol. The molecule has 0 aromatic heterocycles. The minimum atomic E-state index is -1.08. The second kappa shape index (κ2) is 5.76. The summed E-state index contributed by atoms with van der Waals surface area (Å²) in [5.41, 5.74) is 0. The molecule has 92 valence electrons. The molecule has 2 rings (SSSR count). The quantitative estimate of drug-likeness (QED) is 0.838. The average molecular weight is 272 g/mol. The summed E-state index contributed by atoms with van der Waals surface area (Å²) < 4.78 is 12.3. The first-order valence-corrected chi connectivity index (χ1v) is 7.19. The van der Waals surface area contributed by atoms with Crippen molar-refractivity contribution in [3.8, 4) is 0 Å². The normalized spacial score (nSPS) is 22.7. The summed E-state index contributed by atoms with van der Waals surface area (Å²) in [7, 11) is 0. The summed E-state index contributed by atoms with van der Waals surface area (Å²) in [6.45, 7) is 0.607. The predicted octanol–water partition coefficient (Wildman–Crippen LogP) is 2.12. The first-order chi connectivity index (χ1) is 8.16. The fourth-order valence-corrected chi connectivity index (χ4v) is 3.66.